The highest BCUT2D eigenvalue weighted by Gasteiger charge is 1.98. The summed E-state index contributed by atoms with van der Waals surface area (Å²) in [6.07, 6.45) is 6.09. The molecule has 0 atom stereocenters. The zero-order valence-electron chi connectivity index (χ0n) is 4.15. The zero-order chi connectivity index (χ0) is 5.98. The minimum Gasteiger partial charge on any atom is -0.206 e. The summed E-state index contributed by atoms with van der Waals surface area (Å²) < 4.78 is 12.1. The first kappa shape index (κ1) is 5.63. The van der Waals surface area contributed by atoms with Crippen molar-refractivity contribution in [1.82, 2.24) is 0 Å². The fraction of sp³-hybridized carbons (Fsp3) is 0.167. The highest BCUT2D eigenvalue weighted by Crippen LogP contribution is 2.06. The van der Waals surface area contributed by atoms with Gasteiger partial charge >= 0.3 is 0 Å². The van der Waals surface area contributed by atoms with Gasteiger partial charge in [0.15, 0.2) is 0 Å². The third kappa shape index (κ3) is 1.23. The van der Waals surface area contributed by atoms with E-state index in [1.807, 2.05) is 0 Å². The van der Waals surface area contributed by atoms with Crippen LogP contribution in [0.15, 0.2) is 18.0 Å². The van der Waals surface area contributed by atoms with Crippen molar-refractivity contribution in [3.05, 3.63) is 24.1 Å². The van der Waals surface area contributed by atoms with Crippen LogP contribution in [0.25, 0.3) is 0 Å². The van der Waals surface area contributed by atoms with Gasteiger partial charge in [0.1, 0.15) is 5.83 Å². The molecule has 0 bridgehead atoms. The van der Waals surface area contributed by atoms with E-state index in [4.69, 9.17) is 0 Å². The number of allylic oxidation sites excluding steroid dienone is 4. The predicted octanol–water partition coefficient (Wildman–Crippen LogP) is 1.97. The summed E-state index contributed by atoms with van der Waals surface area (Å²) in [5, 5.41) is 0. The molecule has 0 amide bonds. The second kappa shape index (κ2) is 2.18. The summed E-state index contributed by atoms with van der Waals surface area (Å²) in [5.41, 5.74) is 0. The molecule has 0 fully saturated rings. The first-order valence-corrected chi connectivity index (χ1v) is 2.69. The fourth-order valence-electron chi connectivity index (χ4n) is 0.495. The molecule has 1 rings (SSSR count). The topological polar surface area (TPSA) is 0 Å². The molecule has 0 heterocycles. The van der Waals surface area contributed by atoms with Crippen molar-refractivity contribution in [2.75, 3.05) is 0 Å². The van der Waals surface area contributed by atoms with Crippen LogP contribution in [0.1, 0.15) is 6.42 Å². The summed E-state index contributed by atoms with van der Waals surface area (Å²) in [6.45, 7) is 0. The molecule has 1 aliphatic carbocycles. The van der Waals surface area contributed by atoms with Crippen molar-refractivity contribution in [3.63, 3.8) is 0 Å². The maximum Gasteiger partial charge on any atom is 0.131 e. The summed E-state index contributed by atoms with van der Waals surface area (Å²) in [7, 11) is 0. The van der Waals surface area contributed by atoms with E-state index in [2.05, 4.69) is 18.3 Å². The van der Waals surface area contributed by atoms with Crippen LogP contribution in [-0.2, 0) is 0 Å². The largest absolute Gasteiger partial charge is 0.206 e. The number of thiocarbonyl (C=S) groups is 1. The van der Waals surface area contributed by atoms with Gasteiger partial charge in [-0.3, -0.25) is 0 Å². The predicted molar refractivity (Wildman–Crippen MR) is 34.2 cm³/mol. The minimum atomic E-state index is -0.360. The standard InChI is InChI=1S/C6H4FS/c7-5-2-1-3-6(8)4-5/h1-2H,3H2. The molecule has 8 heavy (non-hydrogen) atoms. The van der Waals surface area contributed by atoms with E-state index in [-0.39, 0.29) is 5.83 Å². The Morgan fingerprint density at radius 3 is 2.88 bits per heavy atom. The van der Waals surface area contributed by atoms with E-state index in [0.29, 0.717) is 11.3 Å². The number of hydrogen-bond acceptors (Lipinski definition) is 1. The molecular formula is C6H4FS. The molecule has 2 heteroatoms. The molecule has 0 nitrogen and oxygen atoms in total. The van der Waals surface area contributed by atoms with Gasteiger partial charge in [-0.2, -0.15) is 0 Å². The van der Waals surface area contributed by atoms with Gasteiger partial charge < -0.3 is 0 Å². The zero-order valence-corrected chi connectivity index (χ0v) is 4.96. The van der Waals surface area contributed by atoms with Crippen LogP contribution in [0.3, 0.4) is 0 Å². The lowest BCUT2D eigenvalue weighted by molar-refractivity contribution is 0.663. The van der Waals surface area contributed by atoms with E-state index in [1.165, 1.54) is 6.08 Å². The SMILES string of the molecule is FC1=[C]C(=S)CC=C1. The Hall–Kier alpha value is -0.500. The van der Waals surface area contributed by atoms with Crippen LogP contribution in [-0.4, -0.2) is 4.86 Å². The smallest absolute Gasteiger partial charge is 0.131 e. The van der Waals surface area contributed by atoms with Crippen LogP contribution < -0.4 is 0 Å². The van der Waals surface area contributed by atoms with Crippen molar-refractivity contribution in [1.29, 1.82) is 0 Å². The summed E-state index contributed by atoms with van der Waals surface area (Å²) in [5.74, 6) is -0.360. The monoisotopic (exact) mass is 127 g/mol. The van der Waals surface area contributed by atoms with Gasteiger partial charge in [-0.25, -0.2) is 4.39 Å². The third-order valence-corrected chi connectivity index (χ3v) is 1.09. The van der Waals surface area contributed by atoms with E-state index >= 15 is 0 Å². The molecule has 0 aromatic heterocycles. The Bertz CT molecular complexity index is 167. The summed E-state index contributed by atoms with van der Waals surface area (Å²) in [6, 6.07) is 0. The molecule has 0 aliphatic heterocycles. The second-order valence-corrected chi connectivity index (χ2v) is 2.00. The average Bonchev–Trinajstić information content (AvgIpc) is 1.64. The fourth-order valence-corrected chi connectivity index (χ4v) is 0.689. The van der Waals surface area contributed by atoms with Crippen LogP contribution >= 0.6 is 12.2 Å². The molecule has 0 saturated carbocycles. The lowest BCUT2D eigenvalue weighted by Gasteiger charge is -1.95. The van der Waals surface area contributed by atoms with Gasteiger partial charge in [0.05, 0.1) is 0 Å². The molecule has 1 aliphatic rings. The average molecular weight is 127 g/mol. The lowest BCUT2D eigenvalue weighted by Crippen LogP contribution is -1.91. The normalized spacial score (nSPS) is 18.6. The highest BCUT2D eigenvalue weighted by atomic mass is 32.1. The van der Waals surface area contributed by atoms with Crippen molar-refractivity contribution < 1.29 is 4.39 Å². The molecule has 0 spiro atoms. The van der Waals surface area contributed by atoms with Crippen molar-refractivity contribution in [2.24, 2.45) is 0 Å². The van der Waals surface area contributed by atoms with Gasteiger partial charge in [-0.05, 0) is 6.08 Å². The Morgan fingerprint density at radius 2 is 2.50 bits per heavy atom. The minimum absolute atomic E-state index is 0.360. The molecule has 0 unspecified atom stereocenters. The molecule has 41 valence electrons. The maximum absolute atomic E-state index is 12.1. The van der Waals surface area contributed by atoms with Gasteiger partial charge in [0.2, 0.25) is 0 Å². The van der Waals surface area contributed by atoms with Gasteiger partial charge in [0.25, 0.3) is 0 Å². The highest BCUT2D eigenvalue weighted by molar-refractivity contribution is 7.80. The Balaban J connectivity index is 2.77. The van der Waals surface area contributed by atoms with E-state index in [1.54, 1.807) is 6.08 Å². The number of rotatable bonds is 0. The Morgan fingerprint density at radius 1 is 1.75 bits per heavy atom. The maximum atomic E-state index is 12.1. The van der Waals surface area contributed by atoms with Gasteiger partial charge in [-0.15, -0.1) is 0 Å². The molecule has 0 saturated heterocycles. The summed E-state index contributed by atoms with van der Waals surface area (Å²) in [4.78, 5) is 0.546. The molecule has 0 aromatic rings. The quantitative estimate of drug-likeness (QED) is 0.448. The van der Waals surface area contributed by atoms with E-state index < -0.39 is 0 Å². The molecule has 1 radical (unpaired) electrons. The Labute approximate surface area is 52.7 Å². The molecule has 0 aromatic carbocycles. The van der Waals surface area contributed by atoms with E-state index in [9.17, 15) is 4.39 Å². The first-order chi connectivity index (χ1) is 3.79. The van der Waals surface area contributed by atoms with Gasteiger partial charge in [-0.1, -0.05) is 18.3 Å². The van der Waals surface area contributed by atoms with Crippen molar-refractivity contribution in [2.45, 2.75) is 6.42 Å². The number of halogens is 1. The molecular weight excluding hydrogens is 123 g/mol. The van der Waals surface area contributed by atoms with Crippen LogP contribution in [0, 0.1) is 6.08 Å². The van der Waals surface area contributed by atoms with Crippen LogP contribution in [0.4, 0.5) is 4.39 Å². The van der Waals surface area contributed by atoms with Crippen LogP contribution in [0.5, 0.6) is 0 Å². The third-order valence-electron chi connectivity index (χ3n) is 0.826. The first-order valence-electron chi connectivity index (χ1n) is 2.28. The van der Waals surface area contributed by atoms with Crippen molar-refractivity contribution in [3.8, 4) is 0 Å². The second-order valence-electron chi connectivity index (χ2n) is 1.50. The summed E-state index contributed by atoms with van der Waals surface area (Å²) >= 11 is 4.66. The van der Waals surface area contributed by atoms with Gasteiger partial charge in [0, 0.05) is 17.4 Å². The van der Waals surface area contributed by atoms with Crippen LogP contribution in [0.2, 0.25) is 0 Å². The lowest BCUT2D eigenvalue weighted by atomic mass is 10.2. The Kier molecular flexibility index (Phi) is 1.53. The number of hydrogen-bond donors (Lipinski definition) is 0. The van der Waals surface area contributed by atoms with E-state index in [0.717, 1.165) is 0 Å². The van der Waals surface area contributed by atoms with Crippen molar-refractivity contribution >= 4 is 17.1 Å². The molecule has 0 N–H and O–H groups in total.